The van der Waals surface area contributed by atoms with Crippen molar-refractivity contribution in [1.29, 1.82) is 0 Å². The van der Waals surface area contributed by atoms with Gasteiger partial charge in [-0.15, -0.1) is 0 Å². The van der Waals surface area contributed by atoms with E-state index in [1.807, 2.05) is 0 Å². The van der Waals surface area contributed by atoms with E-state index in [0.717, 1.165) is 37.5 Å². The first-order valence-electron chi connectivity index (χ1n) is 12.1. The summed E-state index contributed by atoms with van der Waals surface area (Å²) in [7, 11) is 0. The molecule has 1 N–H and O–H groups in total. The molecule has 4 nitrogen and oxygen atoms in total. The van der Waals surface area contributed by atoms with Gasteiger partial charge in [0.25, 0.3) is 5.91 Å². The van der Waals surface area contributed by atoms with Gasteiger partial charge in [-0.3, -0.25) is 4.79 Å². The highest BCUT2D eigenvalue weighted by atomic mass is 16.5. The van der Waals surface area contributed by atoms with E-state index in [1.165, 1.54) is 38.5 Å². The number of amides is 1. The van der Waals surface area contributed by atoms with E-state index in [9.17, 15) is 9.59 Å². The van der Waals surface area contributed by atoms with Crippen LogP contribution in [0.15, 0.2) is 24.3 Å². The summed E-state index contributed by atoms with van der Waals surface area (Å²) in [5, 5.41) is 2.96. The van der Waals surface area contributed by atoms with Gasteiger partial charge in [0.2, 0.25) is 0 Å². The van der Waals surface area contributed by atoms with E-state index < -0.39 is 0 Å². The smallest absolute Gasteiger partial charge is 0.338 e. The second-order valence-electron chi connectivity index (χ2n) is 9.19. The van der Waals surface area contributed by atoms with Crippen LogP contribution in [0.4, 0.5) is 0 Å². The lowest BCUT2D eigenvalue weighted by Gasteiger charge is -2.30. The third kappa shape index (κ3) is 8.12. The molecule has 2 rings (SSSR count). The van der Waals surface area contributed by atoms with Gasteiger partial charge >= 0.3 is 5.97 Å². The molecule has 1 aromatic carbocycles. The maximum atomic E-state index is 12.7. The van der Waals surface area contributed by atoms with Gasteiger partial charge in [-0.1, -0.05) is 65.0 Å². The number of hydrogen-bond acceptors (Lipinski definition) is 3. The van der Waals surface area contributed by atoms with Crippen LogP contribution >= 0.6 is 0 Å². The highest BCUT2D eigenvalue weighted by Gasteiger charge is 2.25. The van der Waals surface area contributed by atoms with Crippen molar-refractivity contribution in [1.82, 2.24) is 5.32 Å². The highest BCUT2D eigenvalue weighted by molar-refractivity contribution is 6.05. The maximum Gasteiger partial charge on any atom is 0.338 e. The van der Waals surface area contributed by atoms with Gasteiger partial charge in [0.15, 0.2) is 0 Å². The molecule has 0 radical (unpaired) electrons. The summed E-state index contributed by atoms with van der Waals surface area (Å²) < 4.78 is 5.62. The molecular formula is C26H41NO3. The average molecular weight is 416 g/mol. The van der Waals surface area contributed by atoms with E-state index in [-0.39, 0.29) is 11.9 Å². The molecule has 0 unspecified atom stereocenters. The van der Waals surface area contributed by atoms with Crippen LogP contribution in [0.25, 0.3) is 0 Å². The Kier molecular flexibility index (Phi) is 11.0. The van der Waals surface area contributed by atoms with Crippen molar-refractivity contribution >= 4 is 11.9 Å². The Bertz CT molecular complexity index is 647. The second-order valence-corrected chi connectivity index (χ2v) is 9.19. The molecule has 30 heavy (non-hydrogen) atoms. The Morgan fingerprint density at radius 1 is 0.967 bits per heavy atom. The molecule has 1 amide bonds. The molecule has 0 spiro atoms. The van der Waals surface area contributed by atoms with E-state index in [2.05, 4.69) is 26.1 Å². The van der Waals surface area contributed by atoms with Gasteiger partial charge < -0.3 is 10.1 Å². The van der Waals surface area contributed by atoms with Crippen molar-refractivity contribution in [3.05, 3.63) is 35.4 Å². The van der Waals surface area contributed by atoms with E-state index in [0.29, 0.717) is 30.2 Å². The normalized spacial score (nSPS) is 18.9. The van der Waals surface area contributed by atoms with Gasteiger partial charge in [-0.05, 0) is 62.0 Å². The number of hydrogen-bond donors (Lipinski definition) is 1. The summed E-state index contributed by atoms with van der Waals surface area (Å²) in [6, 6.07) is 6.98. The summed E-state index contributed by atoms with van der Waals surface area (Å²) in [6.07, 6.45) is 11.8. The predicted molar refractivity (Wildman–Crippen MR) is 123 cm³/mol. The van der Waals surface area contributed by atoms with Crippen LogP contribution in [0, 0.1) is 17.8 Å². The lowest BCUT2D eigenvalue weighted by molar-refractivity contribution is 0.0382. The first kappa shape index (κ1) is 24.4. The molecule has 1 fully saturated rings. The predicted octanol–water partition coefficient (Wildman–Crippen LogP) is 6.40. The molecule has 1 aliphatic rings. The SMILES string of the molecule is CCCCCCCCNC(=O)c1ccccc1C(=O)OCC1CCC(C(C)C)CC1. The topological polar surface area (TPSA) is 55.4 Å². The molecule has 0 bridgehead atoms. The van der Waals surface area contributed by atoms with Gasteiger partial charge in [0.05, 0.1) is 17.7 Å². The molecule has 1 saturated carbocycles. The summed E-state index contributed by atoms with van der Waals surface area (Å²) in [4.78, 5) is 25.3. The molecule has 1 aliphatic carbocycles. The molecule has 0 aliphatic heterocycles. The lowest BCUT2D eigenvalue weighted by Crippen LogP contribution is -2.27. The van der Waals surface area contributed by atoms with Crippen LogP contribution in [-0.2, 0) is 4.74 Å². The number of unbranched alkanes of at least 4 members (excludes halogenated alkanes) is 5. The molecule has 0 saturated heterocycles. The highest BCUT2D eigenvalue weighted by Crippen LogP contribution is 2.33. The number of ether oxygens (including phenoxy) is 1. The fraction of sp³-hybridized carbons (Fsp3) is 0.692. The summed E-state index contributed by atoms with van der Waals surface area (Å²) in [5.74, 6) is 1.40. The molecule has 4 heteroatoms. The molecule has 168 valence electrons. The monoisotopic (exact) mass is 415 g/mol. The van der Waals surface area contributed by atoms with Crippen molar-refractivity contribution < 1.29 is 14.3 Å². The Morgan fingerprint density at radius 2 is 1.60 bits per heavy atom. The molecule has 1 aromatic rings. The zero-order chi connectivity index (χ0) is 21.8. The third-order valence-electron chi connectivity index (χ3n) is 6.49. The quantitative estimate of drug-likeness (QED) is 0.317. The van der Waals surface area contributed by atoms with Crippen LogP contribution in [0.2, 0.25) is 0 Å². The second kappa shape index (κ2) is 13.5. The van der Waals surface area contributed by atoms with E-state index >= 15 is 0 Å². The zero-order valence-electron chi connectivity index (χ0n) is 19.3. The average Bonchev–Trinajstić information content (AvgIpc) is 2.77. The van der Waals surface area contributed by atoms with Gasteiger partial charge in [0, 0.05) is 6.54 Å². The van der Waals surface area contributed by atoms with Crippen LogP contribution in [0.3, 0.4) is 0 Å². The van der Waals surface area contributed by atoms with Crippen LogP contribution < -0.4 is 5.32 Å². The standard InChI is InChI=1S/C26H41NO3/c1-4-5-6-7-8-11-18-27-25(28)23-12-9-10-13-24(23)26(29)30-19-21-14-16-22(17-15-21)20(2)3/h9-10,12-13,20-22H,4-8,11,14-19H2,1-3H3,(H,27,28). The fourth-order valence-electron chi connectivity index (χ4n) is 4.35. The minimum absolute atomic E-state index is 0.187. The number of carbonyl (C=O) groups excluding carboxylic acids is 2. The van der Waals surface area contributed by atoms with Crippen LogP contribution in [0.5, 0.6) is 0 Å². The Morgan fingerprint density at radius 3 is 2.27 bits per heavy atom. The van der Waals surface area contributed by atoms with E-state index in [4.69, 9.17) is 4.74 Å². The van der Waals surface area contributed by atoms with Gasteiger partial charge in [-0.25, -0.2) is 4.79 Å². The van der Waals surface area contributed by atoms with Crippen molar-refractivity contribution in [3.8, 4) is 0 Å². The maximum absolute atomic E-state index is 12.7. The minimum Gasteiger partial charge on any atom is -0.462 e. The molecule has 0 atom stereocenters. The fourth-order valence-corrected chi connectivity index (χ4v) is 4.35. The van der Waals surface area contributed by atoms with Crippen molar-refractivity contribution in [2.45, 2.75) is 85.0 Å². The minimum atomic E-state index is -0.383. The number of benzene rings is 1. The largest absolute Gasteiger partial charge is 0.462 e. The molecule has 0 heterocycles. The lowest BCUT2D eigenvalue weighted by atomic mass is 9.77. The zero-order valence-corrected chi connectivity index (χ0v) is 19.3. The number of rotatable bonds is 12. The van der Waals surface area contributed by atoms with Crippen molar-refractivity contribution in [3.63, 3.8) is 0 Å². The Balaban J connectivity index is 1.78. The summed E-state index contributed by atoms with van der Waals surface area (Å²) in [5.41, 5.74) is 0.783. The van der Waals surface area contributed by atoms with Crippen molar-refractivity contribution in [2.75, 3.05) is 13.2 Å². The first-order valence-corrected chi connectivity index (χ1v) is 12.1. The number of nitrogens with one attached hydrogen (secondary N) is 1. The van der Waals surface area contributed by atoms with Crippen molar-refractivity contribution in [2.24, 2.45) is 17.8 Å². The first-order chi connectivity index (χ1) is 14.5. The summed E-state index contributed by atoms with van der Waals surface area (Å²) >= 11 is 0. The van der Waals surface area contributed by atoms with E-state index in [1.54, 1.807) is 24.3 Å². The van der Waals surface area contributed by atoms with Gasteiger partial charge in [0.1, 0.15) is 0 Å². The van der Waals surface area contributed by atoms with Crippen LogP contribution in [0.1, 0.15) is 106 Å². The summed E-state index contributed by atoms with van der Waals surface area (Å²) in [6.45, 7) is 7.89. The third-order valence-corrected chi connectivity index (χ3v) is 6.49. The molecule has 0 aromatic heterocycles. The Hall–Kier alpha value is -1.84. The van der Waals surface area contributed by atoms with Gasteiger partial charge in [-0.2, -0.15) is 0 Å². The molecular weight excluding hydrogens is 374 g/mol. The Labute approximate surface area is 183 Å². The number of carbonyl (C=O) groups is 2. The van der Waals surface area contributed by atoms with Crippen LogP contribution in [-0.4, -0.2) is 25.0 Å². The number of esters is 1.